The molecule has 0 aromatic heterocycles. The summed E-state index contributed by atoms with van der Waals surface area (Å²) in [5.41, 5.74) is 4.30. The molecule has 0 saturated carbocycles. The van der Waals surface area contributed by atoms with Gasteiger partial charge in [0.05, 0.1) is 25.7 Å². The number of carbonyl (C=O) groups excluding carboxylic acids is 2. The predicted octanol–water partition coefficient (Wildman–Crippen LogP) is 3.44. The second-order valence-electron chi connectivity index (χ2n) is 7.70. The second kappa shape index (κ2) is 12.0. The number of hydrogen-bond donors (Lipinski definition) is 2. The molecule has 2 atom stereocenters. The van der Waals surface area contributed by atoms with Crippen LogP contribution in [0.3, 0.4) is 0 Å². The van der Waals surface area contributed by atoms with Crippen molar-refractivity contribution in [1.29, 1.82) is 0 Å². The first-order valence-electron chi connectivity index (χ1n) is 10.8. The zero-order valence-corrected chi connectivity index (χ0v) is 18.9. The summed E-state index contributed by atoms with van der Waals surface area (Å²) in [6.45, 7) is 4.57. The molecule has 0 bridgehead atoms. The number of morpholine rings is 1. The maximum Gasteiger partial charge on any atom is 0.254 e. The number of nitrogens with zero attached hydrogens (tertiary/aromatic N) is 1. The molecular formula is C24H29ClN2O5. The lowest BCUT2D eigenvalue weighted by molar-refractivity contribution is -0.132. The normalized spacial score (nSPS) is 15.8. The van der Waals surface area contributed by atoms with Gasteiger partial charge in [-0.15, -0.1) is 0 Å². The fraction of sp³-hybridized carbons (Fsp3) is 0.417. The van der Waals surface area contributed by atoms with Crippen molar-refractivity contribution in [1.82, 2.24) is 10.4 Å². The predicted molar refractivity (Wildman–Crippen MR) is 121 cm³/mol. The van der Waals surface area contributed by atoms with Crippen molar-refractivity contribution in [3.63, 3.8) is 0 Å². The van der Waals surface area contributed by atoms with Gasteiger partial charge in [0, 0.05) is 36.2 Å². The Hall–Kier alpha value is -2.45. The first-order valence-corrected chi connectivity index (χ1v) is 11.2. The fourth-order valence-corrected chi connectivity index (χ4v) is 4.05. The molecule has 0 radical (unpaired) electrons. The molecule has 8 heteroatoms. The van der Waals surface area contributed by atoms with Gasteiger partial charge in [0.1, 0.15) is 0 Å². The molecule has 1 heterocycles. The minimum Gasteiger partial charge on any atom is -0.378 e. The van der Waals surface area contributed by atoms with E-state index >= 15 is 0 Å². The summed E-state index contributed by atoms with van der Waals surface area (Å²) < 4.78 is 11.2. The van der Waals surface area contributed by atoms with Gasteiger partial charge in [-0.25, -0.2) is 5.48 Å². The average Bonchev–Trinajstić information content (AvgIpc) is 2.83. The Morgan fingerprint density at radius 2 is 1.78 bits per heavy atom. The Bertz CT molecular complexity index is 882. The summed E-state index contributed by atoms with van der Waals surface area (Å²) in [6.07, 6.45) is 0.164. The number of rotatable bonds is 9. The number of hydroxylamine groups is 1. The minimum absolute atomic E-state index is 0.0110. The highest BCUT2D eigenvalue weighted by Gasteiger charge is 2.27. The van der Waals surface area contributed by atoms with Gasteiger partial charge in [0.15, 0.2) is 0 Å². The third-order valence-corrected chi connectivity index (χ3v) is 5.85. The van der Waals surface area contributed by atoms with E-state index in [4.69, 9.17) is 26.3 Å². The van der Waals surface area contributed by atoms with Crippen molar-refractivity contribution < 1.29 is 24.3 Å². The Kier molecular flexibility index (Phi) is 9.05. The van der Waals surface area contributed by atoms with Crippen molar-refractivity contribution in [2.24, 2.45) is 0 Å². The Morgan fingerprint density at radius 3 is 2.38 bits per heavy atom. The van der Waals surface area contributed by atoms with E-state index < -0.39 is 12.0 Å². The van der Waals surface area contributed by atoms with E-state index in [2.05, 4.69) is 0 Å². The molecule has 0 aliphatic carbocycles. The fourth-order valence-electron chi connectivity index (χ4n) is 3.92. The van der Waals surface area contributed by atoms with Gasteiger partial charge in [-0.1, -0.05) is 35.9 Å². The summed E-state index contributed by atoms with van der Waals surface area (Å²) in [5, 5.41) is 9.68. The van der Waals surface area contributed by atoms with Crippen LogP contribution in [-0.2, 0) is 20.7 Å². The lowest BCUT2D eigenvalue weighted by Crippen LogP contribution is -2.40. The zero-order valence-electron chi connectivity index (χ0n) is 18.1. The largest absolute Gasteiger partial charge is 0.378 e. The van der Waals surface area contributed by atoms with Gasteiger partial charge >= 0.3 is 0 Å². The minimum atomic E-state index is -0.510. The summed E-state index contributed by atoms with van der Waals surface area (Å²) >= 11 is 6.03. The Balaban J connectivity index is 1.85. The van der Waals surface area contributed by atoms with Gasteiger partial charge in [0.2, 0.25) is 5.91 Å². The molecule has 1 saturated heterocycles. The second-order valence-corrected chi connectivity index (χ2v) is 8.13. The Labute approximate surface area is 193 Å². The standard InChI is InChI=1S/C24H29ClN2O5/c1-2-32-22(16-23(28)26-30)21(15-17-3-9-20(25)10-4-17)18-5-7-19(8-6-18)24(29)27-11-13-31-14-12-27/h3-10,21-22,30H,2,11-16H2,1H3,(H,26,28)/t21-,22?/m1/s1. The van der Waals surface area contributed by atoms with Gasteiger partial charge < -0.3 is 14.4 Å². The Morgan fingerprint density at radius 1 is 1.12 bits per heavy atom. The lowest BCUT2D eigenvalue weighted by Gasteiger charge is -2.28. The third-order valence-electron chi connectivity index (χ3n) is 5.59. The van der Waals surface area contributed by atoms with Crippen LogP contribution < -0.4 is 5.48 Å². The first-order chi connectivity index (χ1) is 15.5. The average molecular weight is 461 g/mol. The van der Waals surface area contributed by atoms with E-state index in [0.717, 1.165) is 11.1 Å². The van der Waals surface area contributed by atoms with Gasteiger partial charge in [-0.2, -0.15) is 0 Å². The SMILES string of the molecule is CCOC(CC(=O)NO)[C@H](Cc1ccc(Cl)cc1)c1ccc(C(=O)N2CCOCC2)cc1. The van der Waals surface area contributed by atoms with Crippen LogP contribution in [0.5, 0.6) is 0 Å². The first kappa shape index (κ1) is 24.2. The van der Waals surface area contributed by atoms with Crippen LogP contribution in [0, 0.1) is 0 Å². The molecular weight excluding hydrogens is 432 g/mol. The van der Waals surface area contributed by atoms with E-state index in [1.165, 1.54) is 0 Å². The molecule has 2 amide bonds. The smallest absolute Gasteiger partial charge is 0.254 e. The molecule has 32 heavy (non-hydrogen) atoms. The highest BCUT2D eigenvalue weighted by atomic mass is 35.5. The molecule has 1 fully saturated rings. The molecule has 1 unspecified atom stereocenters. The van der Waals surface area contributed by atoms with E-state index in [1.807, 2.05) is 55.5 Å². The van der Waals surface area contributed by atoms with Crippen LogP contribution in [0.15, 0.2) is 48.5 Å². The van der Waals surface area contributed by atoms with Crippen LogP contribution in [0.1, 0.15) is 40.7 Å². The number of benzene rings is 2. The van der Waals surface area contributed by atoms with Crippen molar-refractivity contribution in [2.45, 2.75) is 31.8 Å². The zero-order chi connectivity index (χ0) is 22.9. The molecule has 2 aromatic carbocycles. The highest BCUT2D eigenvalue weighted by molar-refractivity contribution is 6.30. The number of ether oxygens (including phenoxy) is 2. The van der Waals surface area contributed by atoms with Gasteiger partial charge in [0.25, 0.3) is 5.91 Å². The van der Waals surface area contributed by atoms with E-state index in [1.54, 1.807) is 10.4 Å². The van der Waals surface area contributed by atoms with Crippen molar-refractivity contribution in [2.75, 3.05) is 32.9 Å². The molecule has 1 aliphatic rings. The summed E-state index contributed by atoms with van der Waals surface area (Å²) in [6, 6.07) is 15.0. The molecule has 172 valence electrons. The number of nitrogens with one attached hydrogen (secondary N) is 1. The van der Waals surface area contributed by atoms with Crippen LogP contribution >= 0.6 is 11.6 Å². The topological polar surface area (TPSA) is 88.1 Å². The summed E-state index contributed by atoms with van der Waals surface area (Å²) in [4.78, 5) is 26.5. The highest BCUT2D eigenvalue weighted by Crippen LogP contribution is 2.29. The number of carbonyl (C=O) groups is 2. The number of amides is 2. The lowest BCUT2D eigenvalue weighted by atomic mass is 9.85. The molecule has 7 nitrogen and oxygen atoms in total. The van der Waals surface area contributed by atoms with Crippen LogP contribution in [0.4, 0.5) is 0 Å². The number of hydrogen-bond acceptors (Lipinski definition) is 5. The summed E-state index contributed by atoms with van der Waals surface area (Å²) in [5.74, 6) is -0.695. The molecule has 2 aromatic rings. The van der Waals surface area contributed by atoms with Crippen LogP contribution in [-0.4, -0.2) is 60.9 Å². The van der Waals surface area contributed by atoms with E-state index in [9.17, 15) is 9.59 Å². The quantitative estimate of drug-likeness (QED) is 0.442. The van der Waals surface area contributed by atoms with Crippen LogP contribution in [0.25, 0.3) is 0 Å². The molecule has 0 spiro atoms. The number of halogens is 1. The maximum absolute atomic E-state index is 12.8. The van der Waals surface area contributed by atoms with Crippen molar-refractivity contribution in [3.05, 3.63) is 70.2 Å². The molecule has 1 aliphatic heterocycles. The maximum atomic E-state index is 12.8. The van der Waals surface area contributed by atoms with Crippen molar-refractivity contribution >= 4 is 23.4 Å². The van der Waals surface area contributed by atoms with Crippen molar-refractivity contribution in [3.8, 4) is 0 Å². The third kappa shape index (κ3) is 6.53. The van der Waals surface area contributed by atoms with E-state index in [0.29, 0.717) is 49.9 Å². The van der Waals surface area contributed by atoms with Gasteiger partial charge in [-0.3, -0.25) is 14.8 Å². The van der Waals surface area contributed by atoms with E-state index in [-0.39, 0.29) is 18.2 Å². The molecule has 2 N–H and O–H groups in total. The summed E-state index contributed by atoms with van der Waals surface area (Å²) in [7, 11) is 0. The molecule has 3 rings (SSSR count). The monoisotopic (exact) mass is 460 g/mol. The van der Waals surface area contributed by atoms with Gasteiger partial charge in [-0.05, 0) is 48.7 Å². The van der Waals surface area contributed by atoms with Crippen LogP contribution in [0.2, 0.25) is 5.02 Å².